The van der Waals surface area contributed by atoms with Crippen molar-refractivity contribution in [2.45, 2.75) is 25.8 Å². The summed E-state index contributed by atoms with van der Waals surface area (Å²) in [4.78, 5) is 9.07. The number of piperidine rings is 1. The molecule has 0 saturated carbocycles. The van der Waals surface area contributed by atoms with Gasteiger partial charge in [0, 0.05) is 25.3 Å². The van der Waals surface area contributed by atoms with E-state index in [0.29, 0.717) is 6.04 Å². The highest BCUT2D eigenvalue weighted by Gasteiger charge is 2.22. The molecule has 1 aliphatic rings. The molecule has 0 unspecified atom stereocenters. The number of anilines is 2. The molecule has 17 heavy (non-hydrogen) atoms. The molecular formula is C13H22N4. The Morgan fingerprint density at radius 3 is 2.53 bits per heavy atom. The number of pyridine rings is 1. The van der Waals surface area contributed by atoms with E-state index < -0.39 is 0 Å². The molecular weight excluding hydrogens is 212 g/mol. The minimum Gasteiger partial charge on any atom is -0.396 e. The SMILES string of the molecule is Cc1cnc(N2CCC(N(C)C)CC2)c(N)c1. The fraction of sp³-hybridized carbons (Fsp3) is 0.615. The first-order valence-electron chi connectivity index (χ1n) is 6.21. The van der Waals surface area contributed by atoms with Crippen molar-refractivity contribution in [2.24, 2.45) is 0 Å². The van der Waals surface area contributed by atoms with Gasteiger partial charge in [0.25, 0.3) is 0 Å². The van der Waals surface area contributed by atoms with E-state index in [9.17, 15) is 0 Å². The number of nitrogen functional groups attached to an aromatic ring is 1. The molecule has 0 atom stereocenters. The Bertz CT molecular complexity index is 381. The Kier molecular flexibility index (Phi) is 3.52. The molecule has 1 aliphatic heterocycles. The molecule has 0 amide bonds. The van der Waals surface area contributed by atoms with Crippen molar-refractivity contribution in [1.82, 2.24) is 9.88 Å². The lowest BCUT2D eigenvalue weighted by molar-refractivity contribution is 0.249. The van der Waals surface area contributed by atoms with Gasteiger partial charge in [-0.25, -0.2) is 4.98 Å². The van der Waals surface area contributed by atoms with Gasteiger partial charge in [-0.2, -0.15) is 0 Å². The van der Waals surface area contributed by atoms with Crippen molar-refractivity contribution in [3.05, 3.63) is 17.8 Å². The molecule has 1 fully saturated rings. The maximum atomic E-state index is 6.03. The van der Waals surface area contributed by atoms with Crippen LogP contribution in [0.3, 0.4) is 0 Å². The predicted octanol–water partition coefficient (Wildman–Crippen LogP) is 1.50. The van der Waals surface area contributed by atoms with E-state index in [1.165, 1.54) is 12.8 Å². The minimum atomic E-state index is 0.693. The number of hydrogen-bond acceptors (Lipinski definition) is 4. The summed E-state index contributed by atoms with van der Waals surface area (Å²) in [6, 6.07) is 2.69. The molecule has 4 heteroatoms. The average molecular weight is 234 g/mol. The van der Waals surface area contributed by atoms with E-state index in [2.05, 4.69) is 28.9 Å². The molecule has 1 aromatic rings. The van der Waals surface area contributed by atoms with E-state index in [1.54, 1.807) is 0 Å². The summed E-state index contributed by atoms with van der Waals surface area (Å²) in [6.45, 7) is 4.11. The van der Waals surface area contributed by atoms with Crippen molar-refractivity contribution in [1.29, 1.82) is 0 Å². The highest BCUT2D eigenvalue weighted by atomic mass is 15.2. The second-order valence-corrected chi connectivity index (χ2v) is 5.11. The number of aryl methyl sites for hydroxylation is 1. The summed E-state index contributed by atoms with van der Waals surface area (Å²) < 4.78 is 0. The van der Waals surface area contributed by atoms with Gasteiger partial charge in [0.1, 0.15) is 0 Å². The monoisotopic (exact) mass is 234 g/mol. The normalized spacial score (nSPS) is 17.8. The van der Waals surface area contributed by atoms with Crippen LogP contribution >= 0.6 is 0 Å². The van der Waals surface area contributed by atoms with Gasteiger partial charge >= 0.3 is 0 Å². The van der Waals surface area contributed by atoms with Crippen LogP contribution in [0.1, 0.15) is 18.4 Å². The topological polar surface area (TPSA) is 45.4 Å². The Morgan fingerprint density at radius 1 is 1.35 bits per heavy atom. The van der Waals surface area contributed by atoms with Crippen LogP contribution < -0.4 is 10.6 Å². The standard InChI is InChI=1S/C13H22N4/c1-10-8-12(14)13(15-9-10)17-6-4-11(5-7-17)16(2)3/h8-9,11H,4-7,14H2,1-3H3. The first-order chi connectivity index (χ1) is 8.08. The highest BCUT2D eigenvalue weighted by Crippen LogP contribution is 2.25. The minimum absolute atomic E-state index is 0.693. The number of aromatic nitrogens is 1. The first kappa shape index (κ1) is 12.2. The van der Waals surface area contributed by atoms with Gasteiger partial charge in [0.05, 0.1) is 5.69 Å². The van der Waals surface area contributed by atoms with Gasteiger partial charge in [-0.1, -0.05) is 0 Å². The lowest BCUT2D eigenvalue weighted by atomic mass is 10.0. The largest absolute Gasteiger partial charge is 0.396 e. The Hall–Kier alpha value is -1.29. The maximum Gasteiger partial charge on any atom is 0.151 e. The Morgan fingerprint density at radius 2 is 2.00 bits per heavy atom. The van der Waals surface area contributed by atoms with Gasteiger partial charge in [-0.05, 0) is 45.5 Å². The van der Waals surface area contributed by atoms with Crippen LogP contribution in [0, 0.1) is 6.92 Å². The summed E-state index contributed by atoms with van der Waals surface area (Å²) in [5.74, 6) is 0.952. The summed E-state index contributed by atoms with van der Waals surface area (Å²) in [5.41, 5.74) is 7.95. The molecule has 94 valence electrons. The third kappa shape index (κ3) is 2.69. The molecule has 1 aromatic heterocycles. The zero-order valence-corrected chi connectivity index (χ0v) is 11.0. The Balaban J connectivity index is 2.05. The number of hydrogen-bond donors (Lipinski definition) is 1. The summed E-state index contributed by atoms with van der Waals surface area (Å²) in [6.07, 6.45) is 4.26. The van der Waals surface area contributed by atoms with E-state index >= 15 is 0 Å². The molecule has 0 aromatic carbocycles. The van der Waals surface area contributed by atoms with E-state index in [0.717, 1.165) is 30.2 Å². The molecule has 2 rings (SSSR count). The van der Waals surface area contributed by atoms with Crippen LogP contribution in [0.4, 0.5) is 11.5 Å². The van der Waals surface area contributed by atoms with Gasteiger partial charge in [-0.3, -0.25) is 0 Å². The average Bonchev–Trinajstić information content (AvgIpc) is 2.29. The van der Waals surface area contributed by atoms with Crippen LogP contribution in [0.15, 0.2) is 12.3 Å². The highest BCUT2D eigenvalue weighted by molar-refractivity contribution is 5.63. The van der Waals surface area contributed by atoms with Crippen LogP contribution in [-0.4, -0.2) is 43.1 Å². The van der Waals surface area contributed by atoms with Crippen molar-refractivity contribution in [3.63, 3.8) is 0 Å². The number of rotatable bonds is 2. The van der Waals surface area contributed by atoms with Gasteiger partial charge in [0.2, 0.25) is 0 Å². The smallest absolute Gasteiger partial charge is 0.151 e. The van der Waals surface area contributed by atoms with Gasteiger partial charge in [0.15, 0.2) is 5.82 Å². The molecule has 0 bridgehead atoms. The van der Waals surface area contributed by atoms with Crippen LogP contribution in [0.25, 0.3) is 0 Å². The van der Waals surface area contributed by atoms with Crippen molar-refractivity contribution < 1.29 is 0 Å². The molecule has 2 heterocycles. The fourth-order valence-corrected chi connectivity index (χ4v) is 2.44. The third-order valence-electron chi connectivity index (χ3n) is 3.53. The fourth-order valence-electron chi connectivity index (χ4n) is 2.44. The number of nitrogens with two attached hydrogens (primary N) is 1. The van der Waals surface area contributed by atoms with Gasteiger partial charge < -0.3 is 15.5 Å². The molecule has 1 saturated heterocycles. The van der Waals surface area contributed by atoms with Crippen LogP contribution in [0.2, 0.25) is 0 Å². The van der Waals surface area contributed by atoms with Crippen LogP contribution in [-0.2, 0) is 0 Å². The third-order valence-corrected chi connectivity index (χ3v) is 3.53. The second kappa shape index (κ2) is 4.92. The molecule has 0 spiro atoms. The molecule has 4 nitrogen and oxygen atoms in total. The van der Waals surface area contributed by atoms with E-state index in [-0.39, 0.29) is 0 Å². The molecule has 0 radical (unpaired) electrons. The number of nitrogens with zero attached hydrogens (tertiary/aromatic N) is 3. The second-order valence-electron chi connectivity index (χ2n) is 5.11. The zero-order valence-electron chi connectivity index (χ0n) is 11.0. The summed E-state index contributed by atoms with van der Waals surface area (Å²) in [7, 11) is 4.30. The van der Waals surface area contributed by atoms with E-state index in [1.807, 2.05) is 19.2 Å². The quantitative estimate of drug-likeness (QED) is 0.842. The first-order valence-corrected chi connectivity index (χ1v) is 6.21. The van der Waals surface area contributed by atoms with Crippen molar-refractivity contribution in [2.75, 3.05) is 37.8 Å². The maximum absolute atomic E-state index is 6.03. The Labute approximate surface area is 103 Å². The van der Waals surface area contributed by atoms with Crippen molar-refractivity contribution in [3.8, 4) is 0 Å². The molecule has 0 aliphatic carbocycles. The van der Waals surface area contributed by atoms with Crippen molar-refractivity contribution >= 4 is 11.5 Å². The van der Waals surface area contributed by atoms with Crippen LogP contribution in [0.5, 0.6) is 0 Å². The lowest BCUT2D eigenvalue weighted by Crippen LogP contribution is -2.42. The van der Waals surface area contributed by atoms with E-state index in [4.69, 9.17) is 5.73 Å². The lowest BCUT2D eigenvalue weighted by Gasteiger charge is -2.36. The summed E-state index contributed by atoms with van der Waals surface area (Å²) >= 11 is 0. The summed E-state index contributed by atoms with van der Waals surface area (Å²) in [5, 5.41) is 0. The predicted molar refractivity (Wildman–Crippen MR) is 72.3 cm³/mol. The zero-order chi connectivity index (χ0) is 12.4. The molecule has 2 N–H and O–H groups in total. The van der Waals surface area contributed by atoms with Gasteiger partial charge in [-0.15, -0.1) is 0 Å².